The molecule has 1 aliphatic heterocycles. The van der Waals surface area contributed by atoms with Gasteiger partial charge in [-0.25, -0.2) is 0 Å². The lowest BCUT2D eigenvalue weighted by molar-refractivity contribution is -0.115. The van der Waals surface area contributed by atoms with Crippen LogP contribution in [0.15, 0.2) is 39.8 Å². The van der Waals surface area contributed by atoms with Crippen LogP contribution in [-0.4, -0.2) is 17.1 Å². The largest absolute Gasteiger partial charge is 0.511 e. The summed E-state index contributed by atoms with van der Waals surface area (Å²) in [4.78, 5) is 16.3. The van der Waals surface area contributed by atoms with E-state index in [1.807, 2.05) is 29.2 Å². The summed E-state index contributed by atoms with van der Waals surface area (Å²) in [6.07, 6.45) is 7.00. The van der Waals surface area contributed by atoms with Crippen molar-refractivity contribution in [1.29, 1.82) is 0 Å². The Balaban J connectivity index is 2.03. The monoisotopic (exact) mass is 303 g/mol. The Morgan fingerprint density at radius 3 is 2.52 bits per heavy atom. The molecule has 0 atom stereocenters. The maximum Gasteiger partial charge on any atom is 0.268 e. The van der Waals surface area contributed by atoms with E-state index in [0.29, 0.717) is 4.91 Å². The molecule has 2 aliphatic rings. The number of benzene rings is 1. The Hall–Kier alpha value is -1.42. The predicted octanol–water partition coefficient (Wildman–Crippen LogP) is 4.64. The highest BCUT2D eigenvalue weighted by atomic mass is 32.2. The molecule has 4 heteroatoms. The number of para-hydroxylation sites is 1. The number of hydrogen-bond donors (Lipinski definition) is 1. The Labute approximate surface area is 130 Å². The van der Waals surface area contributed by atoms with Crippen molar-refractivity contribution >= 4 is 23.4 Å². The van der Waals surface area contributed by atoms with Gasteiger partial charge in [-0.2, -0.15) is 0 Å². The maximum atomic E-state index is 12.8. The number of amides is 1. The van der Waals surface area contributed by atoms with Gasteiger partial charge >= 0.3 is 0 Å². The summed E-state index contributed by atoms with van der Waals surface area (Å²) >= 11 is 1.38. The van der Waals surface area contributed by atoms with Gasteiger partial charge in [-0.3, -0.25) is 4.79 Å². The molecule has 1 aromatic carbocycles. The lowest BCUT2D eigenvalue weighted by Gasteiger charge is -2.36. The minimum atomic E-state index is -0.0365. The summed E-state index contributed by atoms with van der Waals surface area (Å²) < 4.78 is 0. The van der Waals surface area contributed by atoms with Crippen molar-refractivity contribution in [3.63, 3.8) is 0 Å². The summed E-state index contributed by atoms with van der Waals surface area (Å²) in [5.41, 5.74) is 1.00. The molecule has 0 saturated heterocycles. The standard InChI is InChI=1S/C17H21NO2S/c1-12(19)16-17(20)18(13-8-4-2-3-5-9-13)14-10-6-7-11-15(14)21-16/h6-7,10-11,13,19H,2-5,8-9H2,1H3/b16-12+. The van der Waals surface area contributed by atoms with Gasteiger partial charge in [0, 0.05) is 10.9 Å². The van der Waals surface area contributed by atoms with Crippen LogP contribution in [0.4, 0.5) is 5.69 Å². The number of anilines is 1. The van der Waals surface area contributed by atoms with Crippen LogP contribution in [-0.2, 0) is 4.79 Å². The van der Waals surface area contributed by atoms with E-state index in [1.54, 1.807) is 6.92 Å². The minimum absolute atomic E-state index is 0.0365. The van der Waals surface area contributed by atoms with Crippen molar-refractivity contribution in [2.45, 2.75) is 56.4 Å². The van der Waals surface area contributed by atoms with E-state index in [1.165, 1.54) is 37.4 Å². The third kappa shape index (κ3) is 2.82. The summed E-state index contributed by atoms with van der Waals surface area (Å²) in [6, 6.07) is 8.28. The number of carbonyl (C=O) groups excluding carboxylic acids is 1. The Kier molecular flexibility index (Phi) is 4.24. The van der Waals surface area contributed by atoms with Crippen molar-refractivity contribution in [2.24, 2.45) is 0 Å². The first-order valence-electron chi connectivity index (χ1n) is 7.69. The van der Waals surface area contributed by atoms with Gasteiger partial charge in [0.1, 0.15) is 10.7 Å². The smallest absolute Gasteiger partial charge is 0.268 e. The third-order valence-electron chi connectivity index (χ3n) is 4.27. The first-order chi connectivity index (χ1) is 10.2. The number of nitrogens with zero attached hydrogens (tertiary/aromatic N) is 1. The molecule has 1 aliphatic carbocycles. The molecule has 3 nitrogen and oxygen atoms in total. The number of thioether (sulfide) groups is 1. The van der Waals surface area contributed by atoms with Crippen LogP contribution >= 0.6 is 11.8 Å². The number of fused-ring (bicyclic) bond motifs is 1. The lowest BCUT2D eigenvalue weighted by atomic mass is 10.1. The molecule has 1 amide bonds. The van der Waals surface area contributed by atoms with Gasteiger partial charge in [0.05, 0.1) is 5.69 Å². The molecule has 0 unspecified atom stereocenters. The Morgan fingerprint density at radius 1 is 1.19 bits per heavy atom. The number of allylic oxidation sites excluding steroid dienone is 1. The zero-order valence-electron chi connectivity index (χ0n) is 12.3. The Bertz CT molecular complexity index is 570. The van der Waals surface area contributed by atoms with Crippen molar-refractivity contribution < 1.29 is 9.90 Å². The number of carbonyl (C=O) groups is 1. The molecule has 0 radical (unpaired) electrons. The number of rotatable bonds is 1. The second-order valence-corrected chi connectivity index (χ2v) is 6.86. The highest BCUT2D eigenvalue weighted by Crippen LogP contribution is 2.44. The van der Waals surface area contributed by atoms with Crippen molar-refractivity contribution in [1.82, 2.24) is 0 Å². The van der Waals surface area contributed by atoms with Crippen LogP contribution in [0.5, 0.6) is 0 Å². The Morgan fingerprint density at radius 2 is 1.86 bits per heavy atom. The summed E-state index contributed by atoms with van der Waals surface area (Å²) in [6.45, 7) is 1.60. The number of hydrogen-bond acceptors (Lipinski definition) is 3. The van der Waals surface area contributed by atoms with E-state index in [-0.39, 0.29) is 17.7 Å². The molecule has 1 heterocycles. The average Bonchev–Trinajstić information content (AvgIpc) is 2.75. The van der Waals surface area contributed by atoms with Crippen molar-refractivity contribution in [2.75, 3.05) is 4.90 Å². The first kappa shape index (κ1) is 14.5. The molecule has 1 fully saturated rings. The van der Waals surface area contributed by atoms with Crippen molar-refractivity contribution in [3.8, 4) is 0 Å². The number of aliphatic hydroxyl groups excluding tert-OH is 1. The molecule has 21 heavy (non-hydrogen) atoms. The van der Waals surface area contributed by atoms with E-state index in [0.717, 1.165) is 23.4 Å². The number of aliphatic hydroxyl groups is 1. The molecule has 1 N–H and O–H groups in total. The van der Waals surface area contributed by atoms with Crippen LogP contribution < -0.4 is 4.90 Å². The van der Waals surface area contributed by atoms with Gasteiger partial charge in [0.2, 0.25) is 0 Å². The van der Waals surface area contributed by atoms with E-state index < -0.39 is 0 Å². The van der Waals surface area contributed by atoms with Gasteiger partial charge in [-0.1, -0.05) is 49.6 Å². The molecule has 1 saturated carbocycles. The second-order valence-electron chi connectivity index (χ2n) is 5.80. The highest BCUT2D eigenvalue weighted by Gasteiger charge is 2.35. The molecule has 0 aromatic heterocycles. The van der Waals surface area contributed by atoms with Gasteiger partial charge in [0.25, 0.3) is 5.91 Å². The molecular weight excluding hydrogens is 282 g/mol. The quantitative estimate of drug-likeness (QED) is 0.467. The summed E-state index contributed by atoms with van der Waals surface area (Å²) in [5.74, 6) is 0.0868. The molecule has 112 valence electrons. The summed E-state index contributed by atoms with van der Waals surface area (Å²) in [7, 11) is 0. The lowest BCUT2D eigenvalue weighted by Crippen LogP contribution is -2.43. The molecule has 1 aromatic rings. The second kappa shape index (κ2) is 6.14. The molecule has 0 bridgehead atoms. The van der Waals surface area contributed by atoms with Crippen molar-refractivity contribution in [3.05, 3.63) is 34.9 Å². The zero-order chi connectivity index (χ0) is 14.8. The zero-order valence-corrected chi connectivity index (χ0v) is 13.2. The van der Waals surface area contributed by atoms with Gasteiger partial charge in [-0.15, -0.1) is 0 Å². The van der Waals surface area contributed by atoms with Crippen LogP contribution in [0.3, 0.4) is 0 Å². The maximum absolute atomic E-state index is 12.8. The fourth-order valence-electron chi connectivity index (χ4n) is 3.22. The topological polar surface area (TPSA) is 40.5 Å². The molecule has 0 spiro atoms. The third-order valence-corrected chi connectivity index (χ3v) is 5.51. The van der Waals surface area contributed by atoms with Crippen LogP contribution in [0.25, 0.3) is 0 Å². The normalized spacial score (nSPS) is 22.7. The van der Waals surface area contributed by atoms with E-state index >= 15 is 0 Å². The SMILES string of the molecule is C/C(O)=C1\Sc2ccccc2N(C2CCCCCC2)C1=O. The predicted molar refractivity (Wildman–Crippen MR) is 86.6 cm³/mol. The average molecular weight is 303 g/mol. The van der Waals surface area contributed by atoms with Gasteiger partial charge in [-0.05, 0) is 31.9 Å². The first-order valence-corrected chi connectivity index (χ1v) is 8.50. The highest BCUT2D eigenvalue weighted by molar-refractivity contribution is 8.04. The van der Waals surface area contributed by atoms with Crippen LogP contribution in [0.1, 0.15) is 45.4 Å². The van der Waals surface area contributed by atoms with E-state index in [9.17, 15) is 9.90 Å². The summed E-state index contributed by atoms with van der Waals surface area (Å²) in [5, 5.41) is 9.86. The van der Waals surface area contributed by atoms with Gasteiger partial charge < -0.3 is 10.0 Å². The fourth-order valence-corrected chi connectivity index (χ4v) is 4.19. The minimum Gasteiger partial charge on any atom is -0.511 e. The van der Waals surface area contributed by atoms with E-state index in [2.05, 4.69) is 0 Å². The molecule has 3 rings (SSSR count). The van der Waals surface area contributed by atoms with Crippen LogP contribution in [0, 0.1) is 0 Å². The van der Waals surface area contributed by atoms with Crippen LogP contribution in [0.2, 0.25) is 0 Å². The van der Waals surface area contributed by atoms with Gasteiger partial charge in [0.15, 0.2) is 0 Å². The van der Waals surface area contributed by atoms with E-state index in [4.69, 9.17) is 0 Å². The molecular formula is C17H21NO2S. The fraction of sp³-hybridized carbons (Fsp3) is 0.471.